The highest BCUT2D eigenvalue weighted by Gasteiger charge is 2.30. The third-order valence-corrected chi connectivity index (χ3v) is 6.92. The Hall–Kier alpha value is 0.110. The zero-order valence-corrected chi connectivity index (χ0v) is 15.0. The number of β-amino-alcohol motifs (C(OH)–C–C–N with tert-alkyl or cyclic N) is 1. The van der Waals surface area contributed by atoms with E-state index in [2.05, 4.69) is 15.9 Å². The zero-order chi connectivity index (χ0) is 15.6. The van der Waals surface area contributed by atoms with Gasteiger partial charge in [-0.05, 0) is 28.1 Å². The minimum atomic E-state index is -3.62. The molecule has 1 aromatic carbocycles. The van der Waals surface area contributed by atoms with Gasteiger partial charge >= 0.3 is 0 Å². The normalized spacial score (nSPS) is 18.1. The molecule has 21 heavy (non-hydrogen) atoms. The molecule has 0 aromatic heterocycles. The maximum absolute atomic E-state index is 12.7. The lowest BCUT2D eigenvalue weighted by atomic mass is 10.3. The number of rotatable bonds is 4. The van der Waals surface area contributed by atoms with E-state index in [-0.39, 0.29) is 16.5 Å². The second-order valence-corrected chi connectivity index (χ2v) is 8.24. The minimum absolute atomic E-state index is 0.0745. The van der Waals surface area contributed by atoms with Crippen molar-refractivity contribution in [3.8, 4) is 0 Å². The van der Waals surface area contributed by atoms with Crippen LogP contribution in [0, 0.1) is 0 Å². The van der Waals surface area contributed by atoms with Crippen LogP contribution in [-0.2, 0) is 10.0 Å². The summed E-state index contributed by atoms with van der Waals surface area (Å²) in [5.41, 5.74) is 0. The summed E-state index contributed by atoms with van der Waals surface area (Å²) >= 11 is 15.0. The molecule has 0 atom stereocenters. The number of aliphatic hydroxyl groups excluding tert-OH is 1. The van der Waals surface area contributed by atoms with Gasteiger partial charge in [-0.15, -0.1) is 0 Å². The van der Waals surface area contributed by atoms with Crippen LogP contribution in [0.4, 0.5) is 0 Å². The Bertz CT molecular complexity index is 619. The fourth-order valence-electron chi connectivity index (χ4n) is 2.18. The van der Waals surface area contributed by atoms with Crippen LogP contribution in [0.2, 0.25) is 10.0 Å². The summed E-state index contributed by atoms with van der Waals surface area (Å²) in [7, 11) is -3.62. The molecular weight excluding hydrogens is 403 g/mol. The Morgan fingerprint density at radius 3 is 2.29 bits per heavy atom. The molecule has 118 valence electrons. The number of hydrogen-bond acceptors (Lipinski definition) is 4. The van der Waals surface area contributed by atoms with Gasteiger partial charge < -0.3 is 5.11 Å². The molecule has 5 nitrogen and oxygen atoms in total. The highest BCUT2D eigenvalue weighted by atomic mass is 79.9. The summed E-state index contributed by atoms with van der Waals surface area (Å²) in [6.07, 6.45) is 0. The van der Waals surface area contributed by atoms with E-state index in [0.29, 0.717) is 42.2 Å². The Morgan fingerprint density at radius 2 is 1.71 bits per heavy atom. The highest BCUT2D eigenvalue weighted by Crippen LogP contribution is 2.33. The van der Waals surface area contributed by atoms with Gasteiger partial charge in [-0.1, -0.05) is 23.2 Å². The fourth-order valence-corrected chi connectivity index (χ4v) is 5.15. The van der Waals surface area contributed by atoms with Crippen LogP contribution in [0.5, 0.6) is 0 Å². The summed E-state index contributed by atoms with van der Waals surface area (Å²) in [5.74, 6) is 0. The van der Waals surface area contributed by atoms with Gasteiger partial charge in [0.15, 0.2) is 0 Å². The molecule has 9 heteroatoms. The molecule has 0 bridgehead atoms. The molecule has 0 spiro atoms. The molecule has 1 fully saturated rings. The first-order valence-electron chi connectivity index (χ1n) is 6.34. The summed E-state index contributed by atoms with van der Waals surface area (Å²) in [6, 6.07) is 2.85. The molecule has 1 aliphatic heterocycles. The van der Waals surface area contributed by atoms with Crippen molar-refractivity contribution >= 4 is 49.2 Å². The van der Waals surface area contributed by atoms with Crippen LogP contribution in [0.3, 0.4) is 0 Å². The van der Waals surface area contributed by atoms with Crippen molar-refractivity contribution in [3.05, 3.63) is 26.7 Å². The summed E-state index contributed by atoms with van der Waals surface area (Å²) in [5, 5.41) is 9.42. The molecule has 1 aromatic rings. The number of halogens is 3. The van der Waals surface area contributed by atoms with E-state index in [9.17, 15) is 8.42 Å². The average Bonchev–Trinajstić information content (AvgIpc) is 2.43. The largest absolute Gasteiger partial charge is 0.395 e. The van der Waals surface area contributed by atoms with Crippen molar-refractivity contribution < 1.29 is 13.5 Å². The molecule has 1 N–H and O–H groups in total. The van der Waals surface area contributed by atoms with Crippen LogP contribution < -0.4 is 0 Å². The van der Waals surface area contributed by atoms with E-state index in [1.165, 1.54) is 16.4 Å². The highest BCUT2D eigenvalue weighted by molar-refractivity contribution is 9.10. The maximum Gasteiger partial charge on any atom is 0.244 e. The van der Waals surface area contributed by atoms with Crippen molar-refractivity contribution in [1.82, 2.24) is 9.21 Å². The first-order valence-corrected chi connectivity index (χ1v) is 9.33. The van der Waals surface area contributed by atoms with Gasteiger partial charge in [-0.25, -0.2) is 8.42 Å². The first kappa shape index (κ1) is 17.5. The lowest BCUT2D eigenvalue weighted by Gasteiger charge is -2.33. The third kappa shape index (κ3) is 3.90. The van der Waals surface area contributed by atoms with E-state index < -0.39 is 10.0 Å². The number of benzene rings is 1. The minimum Gasteiger partial charge on any atom is -0.395 e. The van der Waals surface area contributed by atoms with Crippen molar-refractivity contribution in [3.63, 3.8) is 0 Å². The van der Waals surface area contributed by atoms with E-state index in [0.717, 1.165) is 0 Å². The number of nitrogens with zero attached hydrogens (tertiary/aromatic N) is 2. The topological polar surface area (TPSA) is 60.9 Å². The van der Waals surface area contributed by atoms with E-state index >= 15 is 0 Å². The molecule has 2 rings (SSSR count). The monoisotopic (exact) mass is 416 g/mol. The Morgan fingerprint density at radius 1 is 1.14 bits per heavy atom. The molecule has 1 saturated heterocycles. The van der Waals surface area contributed by atoms with Crippen LogP contribution >= 0.6 is 39.1 Å². The van der Waals surface area contributed by atoms with Gasteiger partial charge in [-0.3, -0.25) is 4.90 Å². The zero-order valence-electron chi connectivity index (χ0n) is 11.1. The van der Waals surface area contributed by atoms with Crippen molar-refractivity contribution in [2.75, 3.05) is 39.3 Å². The van der Waals surface area contributed by atoms with E-state index in [4.69, 9.17) is 28.3 Å². The van der Waals surface area contributed by atoms with Crippen molar-refractivity contribution in [1.29, 1.82) is 0 Å². The second-order valence-electron chi connectivity index (χ2n) is 4.67. The number of hydrogen-bond donors (Lipinski definition) is 1. The first-order chi connectivity index (χ1) is 9.86. The maximum atomic E-state index is 12.7. The van der Waals surface area contributed by atoms with Gasteiger partial charge in [0, 0.05) is 37.2 Å². The van der Waals surface area contributed by atoms with Crippen LogP contribution in [0.25, 0.3) is 0 Å². The second kappa shape index (κ2) is 7.12. The van der Waals surface area contributed by atoms with Gasteiger partial charge in [0.2, 0.25) is 10.0 Å². The van der Waals surface area contributed by atoms with Crippen molar-refractivity contribution in [2.45, 2.75) is 4.90 Å². The quantitative estimate of drug-likeness (QED) is 0.761. The fraction of sp³-hybridized carbons (Fsp3) is 0.500. The predicted octanol–water partition coefficient (Wildman–Crippen LogP) is 2.05. The SMILES string of the molecule is O=S(=O)(c1cc(Cl)c(Cl)cc1Br)N1CCN(CCO)CC1. The smallest absolute Gasteiger partial charge is 0.244 e. The number of piperazine rings is 1. The number of aliphatic hydroxyl groups is 1. The molecule has 0 radical (unpaired) electrons. The lowest BCUT2D eigenvalue weighted by molar-refractivity contribution is 0.151. The van der Waals surface area contributed by atoms with E-state index in [1.807, 2.05) is 4.90 Å². The average molecular weight is 418 g/mol. The molecule has 0 aliphatic carbocycles. The molecule has 1 heterocycles. The van der Waals surface area contributed by atoms with Crippen LogP contribution in [0.15, 0.2) is 21.5 Å². The van der Waals surface area contributed by atoms with Crippen LogP contribution in [-0.4, -0.2) is 62.1 Å². The summed E-state index contributed by atoms with van der Waals surface area (Å²) in [4.78, 5) is 2.14. The third-order valence-electron chi connectivity index (χ3n) is 3.34. The lowest BCUT2D eigenvalue weighted by Crippen LogP contribution is -2.49. The Balaban J connectivity index is 2.22. The molecule has 1 aliphatic rings. The Labute approximate surface area is 142 Å². The van der Waals surface area contributed by atoms with Gasteiger partial charge in [-0.2, -0.15) is 4.31 Å². The van der Waals surface area contributed by atoms with Gasteiger partial charge in [0.1, 0.15) is 0 Å². The number of sulfonamides is 1. The standard InChI is InChI=1S/C12H15BrCl2N2O3S/c13-9-7-10(14)11(15)8-12(9)21(19,20)17-3-1-16(2-4-17)5-6-18/h7-8,18H,1-6H2. The molecule has 0 unspecified atom stereocenters. The summed E-state index contributed by atoms with van der Waals surface area (Å²) in [6.45, 7) is 2.59. The van der Waals surface area contributed by atoms with Crippen molar-refractivity contribution in [2.24, 2.45) is 0 Å². The van der Waals surface area contributed by atoms with Gasteiger partial charge in [0.05, 0.1) is 21.5 Å². The molecular formula is C12H15BrCl2N2O3S. The van der Waals surface area contributed by atoms with E-state index in [1.54, 1.807) is 0 Å². The molecule has 0 amide bonds. The molecule has 0 saturated carbocycles. The Kier molecular flexibility index (Phi) is 5.92. The van der Waals surface area contributed by atoms with Gasteiger partial charge in [0.25, 0.3) is 0 Å². The van der Waals surface area contributed by atoms with Crippen LogP contribution in [0.1, 0.15) is 0 Å². The predicted molar refractivity (Wildman–Crippen MR) is 86.4 cm³/mol. The summed E-state index contributed by atoms with van der Waals surface area (Å²) < 4.78 is 27.1.